The van der Waals surface area contributed by atoms with Crippen LogP contribution in [0, 0.1) is 19.3 Å². The summed E-state index contributed by atoms with van der Waals surface area (Å²) in [6, 6.07) is 3.66. The highest BCUT2D eigenvalue weighted by molar-refractivity contribution is 7.34. The fourth-order valence-electron chi connectivity index (χ4n) is 5.09. The van der Waals surface area contributed by atoms with Crippen LogP contribution in [-0.2, 0) is 22.1 Å². The molecular weight excluding hydrogens is 470 g/mol. The molecule has 2 aromatic rings. The number of rotatable bonds is 5. The zero-order chi connectivity index (χ0) is 24.3. The molecule has 2 saturated heterocycles. The van der Waals surface area contributed by atoms with Crippen LogP contribution in [0.25, 0.3) is 0 Å². The molecule has 5 rings (SSSR count). The Labute approximate surface area is 196 Å². The Kier molecular flexibility index (Phi) is 5.67. The van der Waals surface area contributed by atoms with Gasteiger partial charge in [-0.2, -0.15) is 13.2 Å². The van der Waals surface area contributed by atoms with Gasteiger partial charge in [-0.3, -0.25) is 4.57 Å². The highest BCUT2D eigenvalue weighted by atomic mass is 31.1. The predicted octanol–water partition coefficient (Wildman–Crippen LogP) is 3.49. The van der Waals surface area contributed by atoms with Crippen molar-refractivity contribution in [2.75, 3.05) is 26.2 Å². The highest BCUT2D eigenvalue weighted by Crippen LogP contribution is 2.54. The number of halogens is 3. The van der Waals surface area contributed by atoms with Crippen molar-refractivity contribution in [3.8, 4) is 0 Å². The molecule has 0 unspecified atom stereocenters. The maximum atomic E-state index is 12.7. The highest BCUT2D eigenvalue weighted by Gasteiger charge is 2.56. The maximum absolute atomic E-state index is 12.7. The van der Waals surface area contributed by atoms with Gasteiger partial charge in [0.15, 0.2) is 8.46 Å². The van der Waals surface area contributed by atoms with Crippen LogP contribution in [0.4, 0.5) is 18.0 Å². The van der Waals surface area contributed by atoms with Crippen molar-refractivity contribution in [1.29, 1.82) is 0 Å². The molecule has 1 aromatic heterocycles. The lowest BCUT2D eigenvalue weighted by Crippen LogP contribution is -2.68. The Balaban J connectivity index is 1.04. The number of alkyl halides is 3. The van der Waals surface area contributed by atoms with E-state index in [4.69, 9.17) is 4.74 Å². The molecule has 0 radical (unpaired) electrons. The van der Waals surface area contributed by atoms with E-state index in [1.165, 1.54) is 4.68 Å². The zero-order valence-electron chi connectivity index (χ0n) is 18.9. The number of benzene rings is 1. The van der Waals surface area contributed by atoms with E-state index < -0.39 is 12.0 Å². The van der Waals surface area contributed by atoms with Crippen molar-refractivity contribution in [2.45, 2.75) is 51.6 Å². The van der Waals surface area contributed by atoms with Crippen LogP contribution in [0.3, 0.4) is 0 Å². The van der Waals surface area contributed by atoms with E-state index in [2.05, 4.69) is 10.1 Å². The van der Waals surface area contributed by atoms with Gasteiger partial charge < -0.3 is 14.5 Å². The number of hydrogen-bond donors (Lipinski definition) is 0. The van der Waals surface area contributed by atoms with Crippen molar-refractivity contribution >= 4 is 19.8 Å². The second-order valence-corrected chi connectivity index (χ2v) is 10.3. The molecule has 8 nitrogen and oxygen atoms in total. The third-order valence-electron chi connectivity index (χ3n) is 7.36. The van der Waals surface area contributed by atoms with Gasteiger partial charge in [-0.1, -0.05) is 6.07 Å². The molecule has 182 valence electrons. The summed E-state index contributed by atoms with van der Waals surface area (Å²) in [6.07, 6.45) is -2.01. The number of likely N-dealkylation sites (tertiary alicyclic amines) is 2. The molecule has 1 spiro atoms. The van der Waals surface area contributed by atoms with Crippen molar-refractivity contribution in [1.82, 2.24) is 24.6 Å². The first-order valence-electron chi connectivity index (χ1n) is 11.1. The van der Waals surface area contributed by atoms with Crippen molar-refractivity contribution < 1.29 is 27.3 Å². The summed E-state index contributed by atoms with van der Waals surface area (Å²) in [4.78, 5) is 19.6. The molecule has 12 heteroatoms. The number of carbonyl (C=O) groups excluding carboxylic acids is 1. The number of amides is 2. The smallest absolute Gasteiger partial charge is 0.370 e. The molecule has 1 aliphatic carbocycles. The lowest BCUT2D eigenvalue weighted by Gasteiger charge is -2.59. The van der Waals surface area contributed by atoms with Gasteiger partial charge in [-0.25, -0.2) is 14.5 Å². The molecule has 34 heavy (non-hydrogen) atoms. The monoisotopic (exact) mass is 495 g/mol. The van der Waals surface area contributed by atoms with Gasteiger partial charge in [-0.05, 0) is 49.4 Å². The minimum Gasteiger partial charge on any atom is -0.370 e. The first-order chi connectivity index (χ1) is 16.1. The van der Waals surface area contributed by atoms with E-state index in [0.717, 1.165) is 28.3 Å². The van der Waals surface area contributed by atoms with E-state index in [0.29, 0.717) is 45.6 Å². The summed E-state index contributed by atoms with van der Waals surface area (Å²) in [5, 5.41) is 4.34. The molecule has 0 N–H and O–H groups in total. The lowest BCUT2D eigenvalue weighted by atomic mass is 9.61. The molecular formula is C22H25F3N5O3P. The van der Waals surface area contributed by atoms with Crippen molar-refractivity contribution in [3.63, 3.8) is 0 Å². The summed E-state index contributed by atoms with van der Waals surface area (Å²) in [6.45, 7) is 6.70. The van der Waals surface area contributed by atoms with E-state index in [-0.39, 0.29) is 32.1 Å². The van der Waals surface area contributed by atoms with Crippen LogP contribution in [0.2, 0.25) is 0 Å². The summed E-state index contributed by atoms with van der Waals surface area (Å²) >= 11 is 0. The standard InChI is InChI=1S/C22H25F3N5O3P/c1-13-14(2)18(34-32)4-3-15(13)9-33-17-7-28(8-17)20(31)29-10-21(11-29)5-16(6-21)30-12-26-19(27-30)22(23,24)25/h3-4,12,16-17H,5-11H2,1-2H3. The Hall–Kier alpha value is -2.52. The zero-order valence-corrected chi connectivity index (χ0v) is 19.8. The fourth-order valence-corrected chi connectivity index (χ4v) is 5.53. The van der Waals surface area contributed by atoms with Crippen LogP contribution in [0.15, 0.2) is 18.5 Å². The Morgan fingerprint density at radius 3 is 2.50 bits per heavy atom. The van der Waals surface area contributed by atoms with Crippen LogP contribution >= 0.6 is 8.46 Å². The number of urea groups is 1. The molecule has 3 heterocycles. The van der Waals surface area contributed by atoms with Gasteiger partial charge in [0.25, 0.3) is 5.82 Å². The van der Waals surface area contributed by atoms with Crippen LogP contribution in [0.1, 0.15) is 41.4 Å². The third kappa shape index (κ3) is 4.09. The van der Waals surface area contributed by atoms with E-state index in [1.807, 2.05) is 26.0 Å². The largest absolute Gasteiger partial charge is 0.453 e. The number of aromatic nitrogens is 3. The molecule has 0 atom stereocenters. The number of ether oxygens (including phenoxy) is 1. The number of nitrogens with zero attached hydrogens (tertiary/aromatic N) is 5. The summed E-state index contributed by atoms with van der Waals surface area (Å²) in [7, 11) is 0.00974. The van der Waals surface area contributed by atoms with Crippen LogP contribution in [0.5, 0.6) is 0 Å². The fraction of sp³-hybridized carbons (Fsp3) is 0.591. The molecule has 2 amide bonds. The normalized spacial score (nSPS) is 20.4. The second kappa shape index (κ2) is 8.30. The topological polar surface area (TPSA) is 80.6 Å². The van der Waals surface area contributed by atoms with Crippen LogP contribution in [-0.4, -0.2) is 62.9 Å². The van der Waals surface area contributed by atoms with Crippen molar-refractivity contribution in [2.24, 2.45) is 5.41 Å². The molecule has 0 bridgehead atoms. The Morgan fingerprint density at radius 1 is 1.18 bits per heavy atom. The van der Waals surface area contributed by atoms with Crippen molar-refractivity contribution in [3.05, 3.63) is 41.0 Å². The summed E-state index contributed by atoms with van der Waals surface area (Å²) < 4.78 is 56.5. The average Bonchev–Trinajstić information content (AvgIpc) is 3.18. The molecule has 3 fully saturated rings. The molecule has 1 aromatic carbocycles. The van der Waals surface area contributed by atoms with Crippen LogP contribution < -0.4 is 5.30 Å². The molecule has 1 saturated carbocycles. The van der Waals surface area contributed by atoms with Gasteiger partial charge in [-0.15, -0.1) is 5.10 Å². The lowest BCUT2D eigenvalue weighted by molar-refractivity contribution is -0.145. The maximum Gasteiger partial charge on any atom is 0.453 e. The van der Waals surface area contributed by atoms with Gasteiger partial charge in [0.1, 0.15) is 6.33 Å². The predicted molar refractivity (Wildman–Crippen MR) is 116 cm³/mol. The summed E-state index contributed by atoms with van der Waals surface area (Å²) in [5.41, 5.74) is 3.10. The first-order valence-corrected chi connectivity index (χ1v) is 12.0. The second-order valence-electron chi connectivity index (χ2n) is 9.67. The van der Waals surface area contributed by atoms with Gasteiger partial charge in [0.05, 0.1) is 31.8 Å². The number of hydrogen-bond acceptors (Lipinski definition) is 5. The average molecular weight is 495 g/mol. The van der Waals surface area contributed by atoms with Gasteiger partial charge >= 0.3 is 12.2 Å². The quantitative estimate of drug-likeness (QED) is 0.594. The van der Waals surface area contributed by atoms with Gasteiger partial charge in [0, 0.05) is 23.8 Å². The molecule has 3 aliphatic rings. The minimum absolute atomic E-state index is 0.00974. The number of carbonyl (C=O) groups is 1. The Morgan fingerprint density at radius 2 is 1.88 bits per heavy atom. The summed E-state index contributed by atoms with van der Waals surface area (Å²) in [5.74, 6) is -1.11. The van der Waals surface area contributed by atoms with Gasteiger partial charge in [0.2, 0.25) is 0 Å². The van der Waals surface area contributed by atoms with E-state index >= 15 is 0 Å². The van der Waals surface area contributed by atoms with E-state index in [9.17, 15) is 22.5 Å². The third-order valence-corrected chi connectivity index (χ3v) is 8.04. The SMILES string of the molecule is Cc1c(COC2CN(C(=O)N3CC4(CC(n5cnc(C(F)(F)F)n5)C4)C3)C2)ccc(P=O)c1C. The molecule has 2 aliphatic heterocycles. The minimum atomic E-state index is -4.54. The van der Waals surface area contributed by atoms with E-state index in [1.54, 1.807) is 9.80 Å². The Bertz CT molecular complexity index is 1120. The first kappa shape index (κ1) is 23.2.